The summed E-state index contributed by atoms with van der Waals surface area (Å²) in [7, 11) is 0. The SMILES string of the molecule is Fc1ccc2o[c-]c(-c3nc4ccccc4n3-c3c(-c4ccccc4)cccc3-c3ccccc3)c2c1.[2H]C([2H])([2H])c1ccc(-c2[c-]cccc2)nc1.[Ir]. The largest absolute Gasteiger partial charge is 0.557 e. The van der Waals surface area contributed by atoms with Crippen LogP contribution < -0.4 is 0 Å². The molecule has 0 saturated heterocycles. The number of aromatic nitrogens is 3. The molecule has 0 aliphatic carbocycles. The van der Waals surface area contributed by atoms with Gasteiger partial charge in [0.1, 0.15) is 5.82 Å². The van der Waals surface area contributed by atoms with Gasteiger partial charge in [0, 0.05) is 53.4 Å². The van der Waals surface area contributed by atoms with E-state index in [0.717, 1.165) is 50.2 Å². The predicted molar refractivity (Wildman–Crippen MR) is 199 cm³/mol. The maximum absolute atomic E-state index is 14.3. The van der Waals surface area contributed by atoms with Gasteiger partial charge < -0.3 is 14.0 Å². The molecule has 0 aliphatic rings. The second-order valence-corrected chi connectivity index (χ2v) is 11.6. The Morgan fingerprint density at radius 3 is 2.10 bits per heavy atom. The molecule has 249 valence electrons. The second-order valence-electron chi connectivity index (χ2n) is 11.6. The fourth-order valence-corrected chi connectivity index (χ4v) is 6.13. The van der Waals surface area contributed by atoms with Crippen LogP contribution in [0.3, 0.4) is 0 Å². The van der Waals surface area contributed by atoms with Crippen LogP contribution in [-0.4, -0.2) is 14.5 Å². The summed E-state index contributed by atoms with van der Waals surface area (Å²) < 4.78 is 43.9. The van der Waals surface area contributed by atoms with Crippen molar-refractivity contribution in [2.24, 2.45) is 0 Å². The molecule has 3 aromatic heterocycles. The van der Waals surface area contributed by atoms with E-state index < -0.39 is 6.85 Å². The molecule has 3 heterocycles. The van der Waals surface area contributed by atoms with Crippen LogP contribution >= 0.6 is 0 Å². The number of fused-ring (bicyclic) bond motifs is 2. The Kier molecular flexibility index (Phi) is 8.74. The van der Waals surface area contributed by atoms with Gasteiger partial charge in [-0.05, 0) is 47.4 Å². The fourth-order valence-electron chi connectivity index (χ4n) is 6.13. The van der Waals surface area contributed by atoms with Crippen LogP contribution in [0, 0.1) is 25.0 Å². The predicted octanol–water partition coefficient (Wildman–Crippen LogP) is 11.6. The molecule has 0 unspecified atom stereocenters. The summed E-state index contributed by atoms with van der Waals surface area (Å²) in [5.74, 6) is 0.312. The van der Waals surface area contributed by atoms with E-state index in [1.165, 1.54) is 18.3 Å². The number of imidazole rings is 1. The van der Waals surface area contributed by atoms with Gasteiger partial charge >= 0.3 is 0 Å². The summed E-state index contributed by atoms with van der Waals surface area (Å²) in [6.07, 6.45) is 4.41. The van der Waals surface area contributed by atoms with Crippen molar-refractivity contribution in [3.05, 3.63) is 188 Å². The van der Waals surface area contributed by atoms with Gasteiger partial charge in [0.05, 0.1) is 22.5 Å². The molecular weight excluding hydrogens is 810 g/mol. The zero-order valence-corrected chi connectivity index (χ0v) is 29.4. The molecule has 0 amide bonds. The smallest absolute Gasteiger partial charge is 0.113 e. The van der Waals surface area contributed by atoms with Crippen molar-refractivity contribution in [3.8, 4) is 50.6 Å². The quantitative estimate of drug-likeness (QED) is 0.162. The number of para-hydroxylation sites is 3. The Hall–Kier alpha value is -5.94. The number of benzene rings is 6. The van der Waals surface area contributed by atoms with Crippen molar-refractivity contribution in [3.63, 3.8) is 0 Å². The number of aryl methyl sites for hydroxylation is 1. The van der Waals surface area contributed by atoms with Gasteiger partial charge in [-0.3, -0.25) is 4.98 Å². The third kappa shape index (κ3) is 6.80. The summed E-state index contributed by atoms with van der Waals surface area (Å²) in [4.78, 5) is 9.15. The van der Waals surface area contributed by atoms with E-state index in [1.54, 1.807) is 24.3 Å². The van der Waals surface area contributed by atoms with Crippen molar-refractivity contribution in [2.45, 2.75) is 6.85 Å². The van der Waals surface area contributed by atoms with Crippen LogP contribution in [0.25, 0.3) is 72.6 Å². The van der Waals surface area contributed by atoms with Crippen LogP contribution in [0.1, 0.15) is 9.68 Å². The molecule has 0 N–H and O–H groups in total. The zero-order chi connectivity index (χ0) is 36.4. The first-order chi connectivity index (χ1) is 25.8. The molecule has 6 aromatic carbocycles. The van der Waals surface area contributed by atoms with Gasteiger partial charge in [-0.25, -0.2) is 4.39 Å². The van der Waals surface area contributed by atoms with E-state index in [0.29, 0.717) is 22.4 Å². The van der Waals surface area contributed by atoms with Crippen LogP contribution in [0.15, 0.2) is 168 Å². The molecule has 0 atom stereocenters. The van der Waals surface area contributed by atoms with Crippen molar-refractivity contribution in [2.75, 3.05) is 0 Å². The molecule has 0 saturated carbocycles. The summed E-state index contributed by atoms with van der Waals surface area (Å²) in [5, 5.41) is 0.634. The molecule has 9 aromatic rings. The molecule has 1 radical (unpaired) electrons. The van der Waals surface area contributed by atoms with Gasteiger partial charge in [0.15, 0.2) is 0 Å². The van der Waals surface area contributed by atoms with Gasteiger partial charge in [0.25, 0.3) is 0 Å². The number of rotatable bonds is 5. The molecule has 6 heteroatoms. The van der Waals surface area contributed by atoms with Crippen LogP contribution in [-0.2, 0) is 20.1 Å². The standard InChI is InChI=1S/C33H20FN2O.C12H10N.Ir/c34-24-18-19-31-27(20-24)28(21-37-31)33-35-29-16-7-8-17-30(29)36(33)32-25(22-10-3-1-4-11-22)14-9-15-26(32)23-12-5-2-6-13-23;1-10-7-8-12(13-9-10)11-5-3-2-4-6-11;/h1-20H;2-5,7-9H,1H3;/q2*-1;/i;1D3;. The Morgan fingerprint density at radius 2 is 1.43 bits per heavy atom. The second kappa shape index (κ2) is 14.9. The Balaban J connectivity index is 0.000000223. The Morgan fingerprint density at radius 1 is 0.725 bits per heavy atom. The minimum absolute atomic E-state index is 0. The number of furan rings is 1. The molecule has 9 rings (SSSR count). The molecule has 4 nitrogen and oxygen atoms in total. The summed E-state index contributed by atoms with van der Waals surface area (Å²) >= 11 is 0. The molecular formula is C45H30FIrN3O-2. The first-order valence-corrected chi connectivity index (χ1v) is 16.1. The van der Waals surface area contributed by atoms with Crippen LogP contribution in [0.5, 0.6) is 0 Å². The monoisotopic (exact) mass is 843 g/mol. The maximum Gasteiger partial charge on any atom is 0.113 e. The zero-order valence-electron chi connectivity index (χ0n) is 30.0. The van der Waals surface area contributed by atoms with Gasteiger partial charge in [-0.1, -0.05) is 126 Å². The fraction of sp³-hybridized carbons (Fsp3) is 0.0222. The molecule has 0 fully saturated rings. The van der Waals surface area contributed by atoms with E-state index in [9.17, 15) is 4.39 Å². The average molecular weight is 843 g/mol. The van der Waals surface area contributed by atoms with E-state index >= 15 is 0 Å². The van der Waals surface area contributed by atoms with Crippen molar-refractivity contribution in [1.82, 2.24) is 14.5 Å². The average Bonchev–Trinajstić information content (AvgIpc) is 3.79. The van der Waals surface area contributed by atoms with E-state index in [4.69, 9.17) is 13.5 Å². The van der Waals surface area contributed by atoms with E-state index in [1.807, 2.05) is 72.8 Å². The number of hydrogen-bond donors (Lipinski definition) is 0. The maximum atomic E-state index is 14.3. The summed E-state index contributed by atoms with van der Waals surface area (Å²) in [5.41, 5.74) is 10.1. The van der Waals surface area contributed by atoms with E-state index in [2.05, 4.69) is 70.4 Å². The number of pyridine rings is 1. The topological polar surface area (TPSA) is 43.9 Å². The Labute approximate surface area is 313 Å². The number of hydrogen-bond acceptors (Lipinski definition) is 3. The van der Waals surface area contributed by atoms with Crippen molar-refractivity contribution >= 4 is 22.0 Å². The molecule has 51 heavy (non-hydrogen) atoms. The minimum Gasteiger partial charge on any atom is -0.557 e. The Bertz CT molecular complexity index is 2600. The summed E-state index contributed by atoms with van der Waals surface area (Å²) in [6.45, 7) is -2.09. The third-order valence-electron chi connectivity index (χ3n) is 8.44. The molecule has 0 spiro atoms. The first-order valence-electron chi connectivity index (χ1n) is 17.6. The van der Waals surface area contributed by atoms with Crippen LogP contribution in [0.4, 0.5) is 4.39 Å². The van der Waals surface area contributed by atoms with Gasteiger partial charge in [-0.2, -0.15) is 0 Å². The minimum atomic E-state index is -2.09. The van der Waals surface area contributed by atoms with Crippen LogP contribution in [0.2, 0.25) is 0 Å². The number of halogens is 1. The van der Waals surface area contributed by atoms with E-state index in [-0.39, 0.29) is 31.5 Å². The van der Waals surface area contributed by atoms with Gasteiger partial charge in [-0.15, -0.1) is 35.9 Å². The third-order valence-corrected chi connectivity index (χ3v) is 8.44. The number of nitrogens with zero attached hydrogens (tertiary/aromatic N) is 3. The molecule has 0 bridgehead atoms. The van der Waals surface area contributed by atoms with Crippen molar-refractivity contribution in [1.29, 1.82) is 0 Å². The summed E-state index contributed by atoms with van der Waals surface area (Å²) in [6, 6.07) is 53.3. The normalized spacial score (nSPS) is 11.9. The van der Waals surface area contributed by atoms with Gasteiger partial charge in [0.2, 0.25) is 0 Å². The van der Waals surface area contributed by atoms with Crippen molar-refractivity contribution < 1.29 is 33.0 Å². The first kappa shape index (κ1) is 29.9. The molecule has 0 aliphatic heterocycles.